The number of nitrogens with one attached hydrogen (secondary N) is 1. The van der Waals surface area contributed by atoms with Crippen molar-refractivity contribution < 1.29 is 4.74 Å². The minimum Gasteiger partial charge on any atom is -0.377 e. The molecule has 0 radical (unpaired) electrons. The zero-order valence-corrected chi connectivity index (χ0v) is 11.3. The summed E-state index contributed by atoms with van der Waals surface area (Å²) in [5.74, 6) is 1.95. The van der Waals surface area contributed by atoms with E-state index in [0.29, 0.717) is 6.10 Å². The fourth-order valence-corrected chi connectivity index (χ4v) is 2.88. The summed E-state index contributed by atoms with van der Waals surface area (Å²) in [5.41, 5.74) is 0. The van der Waals surface area contributed by atoms with E-state index in [1.54, 1.807) is 11.8 Å². The summed E-state index contributed by atoms with van der Waals surface area (Å²) in [5, 5.41) is 12.4. The maximum Gasteiger partial charge on any atom is 0.191 e. The highest BCUT2D eigenvalue weighted by Gasteiger charge is 2.16. The minimum absolute atomic E-state index is 0.387. The number of ether oxygens (including phenoxy) is 1. The fraction of sp³-hybridized carbons (Fsp3) is 0.818. The highest BCUT2D eigenvalue weighted by Crippen LogP contribution is 2.22. The number of aromatic nitrogens is 3. The summed E-state index contributed by atoms with van der Waals surface area (Å²) in [7, 11) is 3.92. The van der Waals surface area contributed by atoms with Crippen LogP contribution in [0.5, 0.6) is 0 Å². The Balaban J connectivity index is 1.85. The predicted molar refractivity (Wildman–Crippen MR) is 68.1 cm³/mol. The van der Waals surface area contributed by atoms with E-state index in [4.69, 9.17) is 4.74 Å². The van der Waals surface area contributed by atoms with Crippen molar-refractivity contribution in [2.24, 2.45) is 7.05 Å². The molecule has 1 fully saturated rings. The van der Waals surface area contributed by atoms with Gasteiger partial charge in [-0.25, -0.2) is 0 Å². The molecule has 0 saturated carbocycles. The summed E-state index contributed by atoms with van der Waals surface area (Å²) in [6.07, 6.45) is 4.05. The molecule has 1 aromatic heterocycles. The van der Waals surface area contributed by atoms with Crippen molar-refractivity contribution >= 4 is 11.8 Å². The lowest BCUT2D eigenvalue weighted by Crippen LogP contribution is -2.21. The second-order valence-electron chi connectivity index (χ2n) is 4.29. The van der Waals surface area contributed by atoms with E-state index in [2.05, 4.69) is 15.5 Å². The van der Waals surface area contributed by atoms with Crippen LogP contribution in [0.1, 0.15) is 25.1 Å². The maximum atomic E-state index is 5.70. The number of nitrogens with zero attached hydrogens (tertiary/aromatic N) is 3. The molecule has 6 heteroatoms. The largest absolute Gasteiger partial charge is 0.377 e. The quantitative estimate of drug-likeness (QED) is 0.802. The van der Waals surface area contributed by atoms with Crippen LogP contribution in [-0.4, -0.2) is 40.3 Å². The number of thioether (sulfide) groups is 1. The van der Waals surface area contributed by atoms with Crippen molar-refractivity contribution in [2.75, 3.05) is 19.4 Å². The lowest BCUT2D eigenvalue weighted by atomic mass is 10.1. The van der Waals surface area contributed by atoms with Gasteiger partial charge in [-0.2, -0.15) is 0 Å². The molecule has 1 aliphatic rings. The van der Waals surface area contributed by atoms with E-state index >= 15 is 0 Å². The van der Waals surface area contributed by atoms with Gasteiger partial charge in [-0.3, -0.25) is 0 Å². The molecule has 1 saturated heterocycles. The normalized spacial score (nSPS) is 20.7. The predicted octanol–water partition coefficient (Wildman–Crippen LogP) is 1.20. The van der Waals surface area contributed by atoms with Gasteiger partial charge in [0.1, 0.15) is 5.82 Å². The Morgan fingerprint density at radius 2 is 2.35 bits per heavy atom. The summed E-state index contributed by atoms with van der Waals surface area (Å²) in [6.45, 7) is 1.67. The Hall–Kier alpha value is -0.590. The molecule has 2 rings (SSSR count). The van der Waals surface area contributed by atoms with Gasteiger partial charge in [0.25, 0.3) is 0 Å². The van der Waals surface area contributed by atoms with Crippen LogP contribution in [0.3, 0.4) is 0 Å². The Kier molecular flexibility index (Phi) is 4.82. The van der Waals surface area contributed by atoms with Crippen molar-refractivity contribution in [3.05, 3.63) is 5.82 Å². The van der Waals surface area contributed by atoms with Crippen molar-refractivity contribution in [2.45, 2.75) is 37.1 Å². The van der Waals surface area contributed by atoms with E-state index in [0.717, 1.165) is 29.9 Å². The van der Waals surface area contributed by atoms with Gasteiger partial charge in [0.05, 0.1) is 12.6 Å². The SMILES string of the molecule is CNCc1nnc(SC[C@@H]2CCCCO2)n1C. The van der Waals surface area contributed by atoms with Gasteiger partial charge in [-0.05, 0) is 26.3 Å². The van der Waals surface area contributed by atoms with E-state index in [1.165, 1.54) is 19.3 Å². The van der Waals surface area contributed by atoms with Crippen molar-refractivity contribution in [1.82, 2.24) is 20.1 Å². The second-order valence-corrected chi connectivity index (χ2v) is 5.27. The third-order valence-corrected chi connectivity index (χ3v) is 4.08. The lowest BCUT2D eigenvalue weighted by molar-refractivity contribution is 0.0315. The lowest BCUT2D eigenvalue weighted by Gasteiger charge is -2.21. The van der Waals surface area contributed by atoms with Gasteiger partial charge in [0.2, 0.25) is 0 Å². The van der Waals surface area contributed by atoms with Crippen molar-refractivity contribution in [1.29, 1.82) is 0 Å². The molecule has 0 aliphatic carbocycles. The molecule has 17 heavy (non-hydrogen) atoms. The molecule has 1 aromatic rings. The summed E-state index contributed by atoms with van der Waals surface area (Å²) >= 11 is 1.74. The maximum absolute atomic E-state index is 5.70. The molecule has 1 N–H and O–H groups in total. The van der Waals surface area contributed by atoms with E-state index < -0.39 is 0 Å². The summed E-state index contributed by atoms with van der Waals surface area (Å²) in [4.78, 5) is 0. The number of rotatable bonds is 5. The molecule has 0 unspecified atom stereocenters. The van der Waals surface area contributed by atoms with E-state index in [9.17, 15) is 0 Å². The minimum atomic E-state index is 0.387. The molecule has 0 spiro atoms. The Labute approximate surface area is 106 Å². The number of hydrogen-bond donors (Lipinski definition) is 1. The Morgan fingerprint density at radius 1 is 1.47 bits per heavy atom. The van der Waals surface area contributed by atoms with Crippen LogP contribution in [0.25, 0.3) is 0 Å². The van der Waals surface area contributed by atoms with Gasteiger partial charge in [0.15, 0.2) is 5.16 Å². The first kappa shape index (κ1) is 12.9. The third kappa shape index (κ3) is 3.43. The molecule has 5 nitrogen and oxygen atoms in total. The first-order valence-electron chi connectivity index (χ1n) is 6.08. The average Bonchev–Trinajstić information content (AvgIpc) is 2.70. The van der Waals surface area contributed by atoms with Gasteiger partial charge in [-0.1, -0.05) is 11.8 Å². The first-order chi connectivity index (χ1) is 8.31. The van der Waals surface area contributed by atoms with Gasteiger partial charge >= 0.3 is 0 Å². The smallest absolute Gasteiger partial charge is 0.191 e. The number of hydrogen-bond acceptors (Lipinski definition) is 5. The fourth-order valence-electron chi connectivity index (χ4n) is 1.89. The highest BCUT2D eigenvalue weighted by atomic mass is 32.2. The average molecular weight is 256 g/mol. The zero-order valence-electron chi connectivity index (χ0n) is 10.5. The zero-order chi connectivity index (χ0) is 12.1. The molecule has 96 valence electrons. The molecule has 1 aliphatic heterocycles. The molecular formula is C11H20N4OS. The molecule has 2 heterocycles. The second kappa shape index (κ2) is 6.37. The Morgan fingerprint density at radius 3 is 3.06 bits per heavy atom. The van der Waals surface area contributed by atoms with Gasteiger partial charge in [-0.15, -0.1) is 10.2 Å². The van der Waals surface area contributed by atoms with Crippen LogP contribution < -0.4 is 5.32 Å². The molecule has 0 bridgehead atoms. The van der Waals surface area contributed by atoms with Crippen molar-refractivity contribution in [3.63, 3.8) is 0 Å². The standard InChI is InChI=1S/C11H20N4OS/c1-12-7-10-13-14-11(15(10)2)17-8-9-5-3-4-6-16-9/h9,12H,3-8H2,1-2H3/t9-/m0/s1. The van der Waals surface area contributed by atoms with Gasteiger partial charge < -0.3 is 14.6 Å². The molecular weight excluding hydrogens is 236 g/mol. The summed E-state index contributed by atoms with van der Waals surface area (Å²) in [6, 6.07) is 0. The molecule has 1 atom stereocenters. The van der Waals surface area contributed by atoms with Crippen LogP contribution in [0, 0.1) is 0 Å². The molecule has 0 amide bonds. The third-order valence-electron chi connectivity index (χ3n) is 2.93. The van der Waals surface area contributed by atoms with Crippen LogP contribution in [-0.2, 0) is 18.3 Å². The van der Waals surface area contributed by atoms with E-state index in [1.807, 2.05) is 18.7 Å². The van der Waals surface area contributed by atoms with Crippen LogP contribution in [0.15, 0.2) is 5.16 Å². The van der Waals surface area contributed by atoms with Crippen molar-refractivity contribution in [3.8, 4) is 0 Å². The van der Waals surface area contributed by atoms with Gasteiger partial charge in [0, 0.05) is 19.4 Å². The van der Waals surface area contributed by atoms with Crippen LogP contribution in [0.2, 0.25) is 0 Å². The highest BCUT2D eigenvalue weighted by molar-refractivity contribution is 7.99. The summed E-state index contributed by atoms with van der Waals surface area (Å²) < 4.78 is 7.75. The Bertz CT molecular complexity index is 349. The monoisotopic (exact) mass is 256 g/mol. The van der Waals surface area contributed by atoms with E-state index in [-0.39, 0.29) is 0 Å². The molecule has 0 aromatic carbocycles. The topological polar surface area (TPSA) is 52.0 Å². The van der Waals surface area contributed by atoms with Crippen LogP contribution >= 0.6 is 11.8 Å². The first-order valence-corrected chi connectivity index (χ1v) is 7.07. The van der Waals surface area contributed by atoms with Crippen LogP contribution in [0.4, 0.5) is 0 Å².